The molecule has 0 aliphatic carbocycles. The number of aromatic carboxylic acids is 1. The van der Waals surface area contributed by atoms with Crippen LogP contribution in [0.4, 0.5) is 0 Å². The molecular weight excluding hydrogens is 572 g/mol. The van der Waals surface area contributed by atoms with Gasteiger partial charge in [-0.3, -0.25) is 14.4 Å². The summed E-state index contributed by atoms with van der Waals surface area (Å²) in [6.07, 6.45) is 4.19. The molecule has 0 spiro atoms. The number of carboxylic acid groups (broad SMARTS) is 1. The first-order valence-corrected chi connectivity index (χ1v) is 11.6. The van der Waals surface area contributed by atoms with Gasteiger partial charge in [-0.05, 0) is 32.0 Å². The van der Waals surface area contributed by atoms with Gasteiger partial charge in [-0.2, -0.15) is 0 Å². The minimum absolute atomic E-state index is 0. The standard InChI is InChI=1S/C9H12N2O3.C8H9NO2.C7H7NO3.C3H8O.CH4.ClH/c1-11(14-3)9(12)7-4-5-8(13-2)10-6-7;1-6(10)7-3-4-8(11-2)9-5-7;1-11-6-3-2-5(4-8-6)7(9)10;1-3-4-2;;/h4-6H,1-3H3;3-5H,1-2H3;2-4H,1H3,(H,9,10);3H2,1-2H3;1H4;1H. The topological polar surface area (TPSA) is 160 Å². The maximum Gasteiger partial charge on any atom is 0.337 e. The SMILES string of the molecule is C.CCOC.COc1ccc(C(=O)N(C)OC)cn1.COc1ccc(C(=O)O)cn1.COc1ccc(C(C)=O)cn1.Cl. The summed E-state index contributed by atoms with van der Waals surface area (Å²) in [5, 5.41) is 9.60. The lowest BCUT2D eigenvalue weighted by molar-refractivity contribution is -0.0757. The summed E-state index contributed by atoms with van der Waals surface area (Å²) >= 11 is 0. The minimum Gasteiger partial charge on any atom is -0.481 e. The highest BCUT2D eigenvalue weighted by Crippen LogP contribution is 2.09. The lowest BCUT2D eigenvalue weighted by Crippen LogP contribution is -2.25. The van der Waals surface area contributed by atoms with Gasteiger partial charge in [0.25, 0.3) is 5.91 Å². The summed E-state index contributed by atoms with van der Waals surface area (Å²) in [4.78, 5) is 48.8. The zero-order chi connectivity index (χ0) is 30.5. The Labute approximate surface area is 253 Å². The quantitative estimate of drug-likeness (QED) is 0.280. The van der Waals surface area contributed by atoms with Crippen LogP contribution < -0.4 is 14.2 Å². The first kappa shape index (κ1) is 42.1. The van der Waals surface area contributed by atoms with Crippen LogP contribution in [0.2, 0.25) is 0 Å². The number of carbonyl (C=O) groups is 3. The van der Waals surface area contributed by atoms with Crippen LogP contribution in [-0.2, 0) is 9.57 Å². The second-order valence-electron chi connectivity index (χ2n) is 7.19. The van der Waals surface area contributed by atoms with Crippen molar-refractivity contribution in [3.63, 3.8) is 0 Å². The Hall–Kier alpha value is -4.33. The molecule has 1 N–H and O–H groups in total. The second-order valence-corrected chi connectivity index (χ2v) is 7.19. The van der Waals surface area contributed by atoms with Gasteiger partial charge in [0.2, 0.25) is 17.6 Å². The maximum absolute atomic E-state index is 11.5. The van der Waals surface area contributed by atoms with Gasteiger partial charge in [0.1, 0.15) is 0 Å². The van der Waals surface area contributed by atoms with Gasteiger partial charge in [0, 0.05) is 63.1 Å². The molecule has 0 saturated carbocycles. The molecule has 3 heterocycles. The fraction of sp³-hybridized carbons (Fsp3) is 0.357. The van der Waals surface area contributed by atoms with Crippen molar-refractivity contribution in [3.8, 4) is 17.6 Å². The minimum atomic E-state index is -0.986. The molecule has 42 heavy (non-hydrogen) atoms. The molecule has 0 aliphatic rings. The number of rotatable bonds is 8. The zero-order valence-electron chi connectivity index (χ0n) is 24.3. The third-order valence-electron chi connectivity index (χ3n) is 4.59. The molecule has 0 aromatic carbocycles. The van der Waals surface area contributed by atoms with Crippen molar-refractivity contribution < 1.29 is 43.3 Å². The third-order valence-corrected chi connectivity index (χ3v) is 4.59. The summed E-state index contributed by atoms with van der Waals surface area (Å²) < 4.78 is 19.0. The Morgan fingerprint density at radius 2 is 1.10 bits per heavy atom. The van der Waals surface area contributed by atoms with E-state index in [4.69, 9.17) is 24.2 Å². The summed E-state index contributed by atoms with van der Waals surface area (Å²) in [5.41, 5.74) is 1.21. The van der Waals surface area contributed by atoms with Crippen LogP contribution >= 0.6 is 12.4 Å². The Balaban J connectivity index is -0.000000503. The van der Waals surface area contributed by atoms with Gasteiger partial charge in [-0.15, -0.1) is 12.4 Å². The van der Waals surface area contributed by atoms with E-state index in [1.54, 1.807) is 31.4 Å². The number of hydrogen-bond acceptors (Lipinski definition) is 11. The lowest BCUT2D eigenvalue weighted by Gasteiger charge is -2.13. The average Bonchev–Trinajstić information content (AvgIpc) is 3.01. The van der Waals surface area contributed by atoms with Crippen LogP contribution in [-0.4, -0.2) is 92.0 Å². The van der Waals surface area contributed by atoms with Crippen LogP contribution in [0, 0.1) is 0 Å². The summed E-state index contributed by atoms with van der Waals surface area (Å²) in [6, 6.07) is 9.54. The number of hydrogen-bond donors (Lipinski definition) is 1. The van der Waals surface area contributed by atoms with E-state index in [2.05, 4.69) is 19.7 Å². The highest BCUT2D eigenvalue weighted by molar-refractivity contribution is 5.94. The molecule has 0 atom stereocenters. The summed E-state index contributed by atoms with van der Waals surface area (Å²) in [7, 11) is 9.17. The zero-order valence-corrected chi connectivity index (χ0v) is 25.1. The number of hydroxylamine groups is 2. The monoisotopic (exact) mass is 612 g/mol. The average molecular weight is 613 g/mol. The van der Waals surface area contributed by atoms with Crippen molar-refractivity contribution in [1.29, 1.82) is 0 Å². The van der Waals surface area contributed by atoms with Crippen LogP contribution in [0.25, 0.3) is 0 Å². The molecule has 1 amide bonds. The van der Waals surface area contributed by atoms with Crippen LogP contribution in [0.5, 0.6) is 17.6 Å². The molecule has 0 radical (unpaired) electrons. The summed E-state index contributed by atoms with van der Waals surface area (Å²) in [6.45, 7) is 4.28. The summed E-state index contributed by atoms with van der Waals surface area (Å²) in [5.74, 6) is 0.189. The number of methoxy groups -OCH3 is 4. The van der Waals surface area contributed by atoms with Crippen molar-refractivity contribution in [1.82, 2.24) is 20.0 Å². The number of carbonyl (C=O) groups excluding carboxylic acids is 2. The highest BCUT2D eigenvalue weighted by Gasteiger charge is 2.11. The predicted octanol–water partition coefficient (Wildman–Crippen LogP) is 4.52. The first-order chi connectivity index (χ1) is 19.1. The molecule has 234 valence electrons. The Morgan fingerprint density at radius 1 is 0.738 bits per heavy atom. The molecular formula is C28H41ClN4O9. The van der Waals surface area contributed by atoms with Crippen molar-refractivity contribution in [2.75, 3.05) is 49.2 Å². The second kappa shape index (κ2) is 24.5. The number of ketones is 1. The van der Waals surface area contributed by atoms with Crippen LogP contribution in [0.3, 0.4) is 0 Å². The third kappa shape index (κ3) is 16.7. The highest BCUT2D eigenvalue weighted by atomic mass is 35.5. The van der Waals surface area contributed by atoms with Gasteiger partial charge in [-0.1, -0.05) is 7.43 Å². The van der Waals surface area contributed by atoms with Gasteiger partial charge >= 0.3 is 5.97 Å². The number of aromatic nitrogens is 3. The van der Waals surface area contributed by atoms with E-state index in [1.807, 2.05) is 6.92 Å². The number of nitrogens with zero attached hydrogens (tertiary/aromatic N) is 4. The maximum atomic E-state index is 11.5. The van der Waals surface area contributed by atoms with Gasteiger partial charge in [0.05, 0.1) is 39.6 Å². The fourth-order valence-corrected chi connectivity index (χ4v) is 2.23. The number of pyridine rings is 3. The lowest BCUT2D eigenvalue weighted by atomic mass is 10.2. The molecule has 3 aromatic rings. The molecule has 13 nitrogen and oxygen atoms in total. The molecule has 0 aliphatic heterocycles. The van der Waals surface area contributed by atoms with Crippen molar-refractivity contribution in [2.24, 2.45) is 0 Å². The van der Waals surface area contributed by atoms with E-state index in [0.29, 0.717) is 28.8 Å². The van der Waals surface area contributed by atoms with Gasteiger partial charge in [-0.25, -0.2) is 24.8 Å². The smallest absolute Gasteiger partial charge is 0.337 e. The van der Waals surface area contributed by atoms with E-state index in [-0.39, 0.29) is 37.1 Å². The van der Waals surface area contributed by atoms with Gasteiger partial charge < -0.3 is 24.1 Å². The van der Waals surface area contributed by atoms with Crippen molar-refractivity contribution in [3.05, 3.63) is 71.7 Å². The van der Waals surface area contributed by atoms with Crippen molar-refractivity contribution in [2.45, 2.75) is 21.3 Å². The van der Waals surface area contributed by atoms with E-state index < -0.39 is 5.97 Å². The number of halogens is 1. The normalized spacial score (nSPS) is 8.76. The Bertz CT molecular complexity index is 1090. The predicted molar refractivity (Wildman–Crippen MR) is 160 cm³/mol. The molecule has 3 aromatic heterocycles. The van der Waals surface area contributed by atoms with Gasteiger partial charge in [0.15, 0.2) is 5.78 Å². The number of carboxylic acids is 1. The molecule has 3 rings (SSSR count). The van der Waals surface area contributed by atoms with Crippen LogP contribution in [0.1, 0.15) is 52.3 Å². The first-order valence-electron chi connectivity index (χ1n) is 11.6. The fourth-order valence-electron chi connectivity index (χ4n) is 2.23. The van der Waals surface area contributed by atoms with E-state index in [0.717, 1.165) is 11.7 Å². The number of amides is 1. The van der Waals surface area contributed by atoms with E-state index >= 15 is 0 Å². The van der Waals surface area contributed by atoms with Crippen LogP contribution in [0.15, 0.2) is 55.0 Å². The molecule has 0 unspecified atom stereocenters. The molecule has 14 heteroatoms. The largest absolute Gasteiger partial charge is 0.481 e. The Kier molecular flexibility index (Phi) is 24.5. The number of ether oxygens (including phenoxy) is 4. The van der Waals surface area contributed by atoms with Crippen molar-refractivity contribution >= 4 is 30.1 Å². The van der Waals surface area contributed by atoms with E-state index in [9.17, 15) is 14.4 Å². The van der Waals surface area contributed by atoms with E-state index in [1.165, 1.54) is 73.1 Å². The molecule has 0 saturated heterocycles. The Morgan fingerprint density at radius 3 is 1.33 bits per heavy atom. The molecule has 0 fully saturated rings. The molecule has 0 bridgehead atoms. The number of Topliss-reactive ketones (excluding diaryl/α,β-unsaturated/α-hetero) is 1.